The van der Waals surface area contributed by atoms with E-state index in [0.717, 1.165) is 18.4 Å². The van der Waals surface area contributed by atoms with E-state index in [9.17, 15) is 14.0 Å². The van der Waals surface area contributed by atoms with Gasteiger partial charge in [-0.1, -0.05) is 6.07 Å². The summed E-state index contributed by atoms with van der Waals surface area (Å²) in [5, 5.41) is 6.27. The van der Waals surface area contributed by atoms with Gasteiger partial charge in [0.15, 0.2) is 11.6 Å². The number of aromatic amines is 1. The second-order valence-corrected chi connectivity index (χ2v) is 9.76. The van der Waals surface area contributed by atoms with E-state index >= 15 is 0 Å². The summed E-state index contributed by atoms with van der Waals surface area (Å²) in [5.74, 6) is 0.178. The van der Waals surface area contributed by atoms with E-state index < -0.39 is 5.82 Å². The lowest BCUT2D eigenvalue weighted by molar-refractivity contribution is -0.133. The van der Waals surface area contributed by atoms with Crippen molar-refractivity contribution in [1.29, 1.82) is 0 Å². The Bertz CT molecular complexity index is 1360. The zero-order valence-corrected chi connectivity index (χ0v) is 20.5. The van der Waals surface area contributed by atoms with Crippen molar-refractivity contribution >= 4 is 23.2 Å². The Hall–Kier alpha value is -4.08. The third kappa shape index (κ3) is 4.26. The highest BCUT2D eigenvalue weighted by Crippen LogP contribution is 2.42. The molecule has 0 aliphatic carbocycles. The molecule has 9 nitrogen and oxygen atoms in total. The molecule has 2 aromatic heterocycles. The molecule has 192 valence electrons. The Labute approximate surface area is 213 Å². The van der Waals surface area contributed by atoms with Gasteiger partial charge in [-0.15, -0.1) is 0 Å². The first kappa shape index (κ1) is 23.3. The highest BCUT2D eigenvalue weighted by atomic mass is 19.1. The van der Waals surface area contributed by atoms with Gasteiger partial charge in [0, 0.05) is 49.4 Å². The first-order valence-electron chi connectivity index (χ1n) is 12.5. The summed E-state index contributed by atoms with van der Waals surface area (Å²) in [5.41, 5.74) is 3.34. The topological polar surface area (TPSA) is 109 Å². The number of pyridine rings is 1. The maximum Gasteiger partial charge on any atom is 0.255 e. The standard InChI is InChI=1S/C27H28FN5O4/c1-36-26-18(28)3-2-4-19(26)31-25-23-20-11-16(30-27(23)35)12-22(34)33-9-6-15(7-10-33)14-37-21-13-29-8-5-17(21)24(25)32-20/h2-5,8,13,15-16,31-32H,6-7,9-12,14H2,1H3,(H,30,35)/t16-/m0/s1. The van der Waals surface area contributed by atoms with Crippen molar-refractivity contribution in [3.63, 3.8) is 0 Å². The van der Waals surface area contributed by atoms with Crippen LogP contribution in [0.5, 0.6) is 11.5 Å². The van der Waals surface area contributed by atoms with Gasteiger partial charge in [-0.2, -0.15) is 0 Å². The number of anilines is 2. The van der Waals surface area contributed by atoms with Crippen LogP contribution in [0, 0.1) is 11.7 Å². The minimum atomic E-state index is -0.520. The van der Waals surface area contributed by atoms with Gasteiger partial charge in [0.25, 0.3) is 5.91 Å². The molecule has 1 saturated heterocycles. The smallest absolute Gasteiger partial charge is 0.255 e. The van der Waals surface area contributed by atoms with Crippen LogP contribution in [0.15, 0.2) is 36.7 Å². The van der Waals surface area contributed by atoms with Crippen molar-refractivity contribution in [3.05, 3.63) is 53.7 Å². The number of carbonyl (C=O) groups excluding carboxylic acids is 2. The van der Waals surface area contributed by atoms with E-state index in [4.69, 9.17) is 9.47 Å². The van der Waals surface area contributed by atoms with Crippen molar-refractivity contribution in [1.82, 2.24) is 20.2 Å². The van der Waals surface area contributed by atoms with Crippen LogP contribution < -0.4 is 20.1 Å². The van der Waals surface area contributed by atoms with Crippen molar-refractivity contribution in [3.8, 4) is 22.8 Å². The van der Waals surface area contributed by atoms with E-state index in [1.165, 1.54) is 13.2 Å². The highest BCUT2D eigenvalue weighted by Gasteiger charge is 2.35. The van der Waals surface area contributed by atoms with Crippen LogP contribution in [-0.2, 0) is 11.2 Å². The summed E-state index contributed by atoms with van der Waals surface area (Å²) in [4.78, 5) is 36.0. The Morgan fingerprint density at radius 1 is 1.19 bits per heavy atom. The Kier molecular flexibility index (Phi) is 5.94. The van der Waals surface area contributed by atoms with E-state index in [2.05, 4.69) is 20.6 Å². The number of para-hydroxylation sites is 1. The molecule has 4 aliphatic rings. The summed E-state index contributed by atoms with van der Waals surface area (Å²) in [7, 11) is 1.40. The largest absolute Gasteiger partial charge is 0.492 e. The number of nitrogens with one attached hydrogen (secondary N) is 3. The molecule has 3 N–H and O–H groups in total. The number of rotatable bonds is 3. The molecule has 0 spiro atoms. The molecule has 3 aromatic rings. The third-order valence-electron chi connectivity index (χ3n) is 7.44. The Balaban J connectivity index is 1.49. The number of piperidine rings is 1. The van der Waals surface area contributed by atoms with Crippen LogP contribution >= 0.6 is 0 Å². The van der Waals surface area contributed by atoms with E-state index in [1.807, 2.05) is 11.0 Å². The van der Waals surface area contributed by atoms with E-state index in [0.29, 0.717) is 66.1 Å². The Morgan fingerprint density at radius 3 is 2.84 bits per heavy atom. The fraction of sp³-hybridized carbons (Fsp3) is 0.370. The highest BCUT2D eigenvalue weighted by molar-refractivity contribution is 6.07. The number of amides is 2. The molecule has 2 amide bonds. The molecule has 1 fully saturated rings. The molecule has 5 bridgehead atoms. The quantitative estimate of drug-likeness (QED) is 0.502. The molecular weight excluding hydrogens is 477 g/mol. The minimum absolute atomic E-state index is 0.0431. The number of hydrogen-bond acceptors (Lipinski definition) is 6. The monoisotopic (exact) mass is 505 g/mol. The number of H-pyrrole nitrogens is 1. The molecule has 1 aromatic carbocycles. The summed E-state index contributed by atoms with van der Waals surface area (Å²) >= 11 is 0. The van der Waals surface area contributed by atoms with Gasteiger partial charge < -0.3 is 30.0 Å². The van der Waals surface area contributed by atoms with Crippen molar-refractivity contribution in [2.24, 2.45) is 5.92 Å². The van der Waals surface area contributed by atoms with Crippen LogP contribution in [-0.4, -0.2) is 59.5 Å². The van der Waals surface area contributed by atoms with Crippen LogP contribution in [0.1, 0.15) is 35.3 Å². The molecule has 10 heteroatoms. The maximum absolute atomic E-state index is 14.5. The summed E-state index contributed by atoms with van der Waals surface area (Å²) in [6.07, 6.45) is 5.76. The number of hydrogen-bond donors (Lipinski definition) is 3. The van der Waals surface area contributed by atoms with Gasteiger partial charge in [0.2, 0.25) is 5.91 Å². The summed E-state index contributed by atoms with van der Waals surface area (Å²) in [6, 6.07) is 6.08. The minimum Gasteiger partial charge on any atom is -0.492 e. The zero-order valence-electron chi connectivity index (χ0n) is 20.5. The molecule has 0 unspecified atom stereocenters. The molecule has 4 aliphatic heterocycles. The molecule has 0 saturated carbocycles. The average molecular weight is 506 g/mol. The second-order valence-electron chi connectivity index (χ2n) is 9.76. The summed E-state index contributed by atoms with van der Waals surface area (Å²) < 4.78 is 26.1. The number of aromatic nitrogens is 2. The third-order valence-corrected chi connectivity index (χ3v) is 7.44. The second kappa shape index (κ2) is 9.42. The van der Waals surface area contributed by atoms with Gasteiger partial charge in [-0.05, 0) is 37.0 Å². The van der Waals surface area contributed by atoms with Gasteiger partial charge in [-0.25, -0.2) is 4.39 Å². The molecular formula is C27H28FN5O4. The lowest BCUT2D eigenvalue weighted by Gasteiger charge is -2.33. The predicted molar refractivity (Wildman–Crippen MR) is 135 cm³/mol. The molecule has 1 atom stereocenters. The molecule has 7 rings (SSSR count). The predicted octanol–water partition coefficient (Wildman–Crippen LogP) is 3.64. The average Bonchev–Trinajstić information content (AvgIpc) is 3.25. The fourth-order valence-electron chi connectivity index (χ4n) is 5.51. The fourth-order valence-corrected chi connectivity index (χ4v) is 5.51. The first-order chi connectivity index (χ1) is 18.0. The lowest BCUT2D eigenvalue weighted by Crippen LogP contribution is -2.46. The van der Waals surface area contributed by atoms with Gasteiger partial charge >= 0.3 is 0 Å². The normalized spacial score (nSPS) is 21.0. The van der Waals surface area contributed by atoms with E-state index in [-0.39, 0.29) is 30.0 Å². The van der Waals surface area contributed by atoms with Gasteiger partial charge in [0.05, 0.1) is 42.5 Å². The van der Waals surface area contributed by atoms with Crippen molar-refractivity contribution in [2.75, 3.05) is 32.1 Å². The van der Waals surface area contributed by atoms with Crippen LogP contribution in [0.4, 0.5) is 15.8 Å². The number of nitrogens with zero attached hydrogens (tertiary/aromatic N) is 2. The SMILES string of the molecule is COc1c(F)cccc1Nc1c2[nH]c3c1C(=O)N[C@H](CC(=O)N1CCC(CC1)COc1cnccc1-2)C3. The number of ether oxygens (including phenoxy) is 2. The first-order valence-corrected chi connectivity index (χ1v) is 12.5. The number of carbonyl (C=O) groups is 2. The number of halogens is 1. The van der Waals surface area contributed by atoms with Gasteiger partial charge in [0.1, 0.15) is 5.75 Å². The maximum atomic E-state index is 14.5. The number of fused-ring (bicyclic) bond motifs is 4. The van der Waals surface area contributed by atoms with Gasteiger partial charge in [-0.3, -0.25) is 14.6 Å². The van der Waals surface area contributed by atoms with Crippen LogP contribution in [0.3, 0.4) is 0 Å². The number of methoxy groups -OCH3 is 1. The van der Waals surface area contributed by atoms with Crippen LogP contribution in [0.2, 0.25) is 0 Å². The Morgan fingerprint density at radius 2 is 2.03 bits per heavy atom. The lowest BCUT2D eigenvalue weighted by atomic mass is 9.95. The summed E-state index contributed by atoms with van der Waals surface area (Å²) in [6.45, 7) is 1.88. The van der Waals surface area contributed by atoms with Crippen LogP contribution in [0.25, 0.3) is 11.3 Å². The molecule has 0 radical (unpaired) electrons. The molecule has 37 heavy (non-hydrogen) atoms. The molecule has 6 heterocycles. The van der Waals surface area contributed by atoms with Crippen molar-refractivity contribution in [2.45, 2.75) is 31.7 Å². The number of benzene rings is 1. The zero-order chi connectivity index (χ0) is 25.5. The van der Waals surface area contributed by atoms with Crippen molar-refractivity contribution < 1.29 is 23.5 Å². The van der Waals surface area contributed by atoms with E-state index in [1.54, 1.807) is 24.5 Å².